The van der Waals surface area contributed by atoms with Gasteiger partial charge in [-0.3, -0.25) is 0 Å². The predicted octanol–water partition coefficient (Wildman–Crippen LogP) is 2.43. The van der Waals surface area contributed by atoms with Crippen LogP contribution in [0.1, 0.15) is 0 Å². The Bertz CT molecular complexity index is 29.5. The van der Waals surface area contributed by atoms with Crippen molar-refractivity contribution in [3.05, 3.63) is 39.2 Å². The topological polar surface area (TPSA) is 0 Å². The predicted molar refractivity (Wildman–Crippen MR) is 38.4 cm³/mol. The first-order valence-corrected chi connectivity index (χ1v) is 1.63. The molecule has 2 heteroatoms. The summed E-state index contributed by atoms with van der Waals surface area (Å²) >= 11 is 0. The summed E-state index contributed by atoms with van der Waals surface area (Å²) in [5.74, 6) is 0. The zero-order chi connectivity index (χ0) is 5.41. The van der Waals surface area contributed by atoms with Gasteiger partial charge in [-0.1, -0.05) is 0 Å². The van der Waals surface area contributed by atoms with Gasteiger partial charge in [0, 0.05) is 0 Å². The van der Waals surface area contributed by atoms with Crippen molar-refractivity contribution in [2.24, 2.45) is 0 Å². The molecule has 0 spiro atoms. The molecule has 0 bridgehead atoms. The zero-order valence-electron chi connectivity index (χ0n) is 4.71. The number of rotatable bonds is 0. The maximum Gasteiger partial charge on any atom is 2.00 e. The van der Waals surface area contributed by atoms with Crippen LogP contribution in [-0.2, 0) is 20.4 Å². The van der Waals surface area contributed by atoms with Gasteiger partial charge in [0.2, 0.25) is 0 Å². The van der Waals surface area contributed by atoms with Gasteiger partial charge in [0.05, 0.1) is 0 Å². The standard InChI is InChI=1S/2C3H5.ClH.Pd/c2*1-3-2;;/h2*3H,1-2H2;1H;/q2*-1;;+2. The summed E-state index contributed by atoms with van der Waals surface area (Å²) in [5, 5.41) is 0. The quantitative estimate of drug-likeness (QED) is 0.438. The van der Waals surface area contributed by atoms with Crippen molar-refractivity contribution < 1.29 is 20.4 Å². The van der Waals surface area contributed by atoms with E-state index in [0.29, 0.717) is 0 Å². The van der Waals surface area contributed by atoms with Gasteiger partial charge in [-0.2, -0.15) is 0 Å². The van der Waals surface area contributed by atoms with E-state index in [0.717, 1.165) is 0 Å². The fraction of sp³-hybridized carbons (Fsp3) is 0. The number of hydrogen-bond donors (Lipinski definition) is 0. The van der Waals surface area contributed by atoms with Crippen LogP contribution in [0, 0.1) is 13.8 Å². The van der Waals surface area contributed by atoms with E-state index in [1.54, 1.807) is 0 Å². The third-order valence-electron chi connectivity index (χ3n) is 0. The molecule has 0 aliphatic rings. The maximum absolute atomic E-state index is 3.25. The molecule has 52 valence electrons. The van der Waals surface area contributed by atoms with Crippen molar-refractivity contribution in [1.29, 1.82) is 0 Å². The van der Waals surface area contributed by atoms with E-state index >= 15 is 0 Å². The van der Waals surface area contributed by atoms with Crippen molar-refractivity contribution in [2.45, 2.75) is 0 Å². The second kappa shape index (κ2) is 57.9. The van der Waals surface area contributed by atoms with E-state index in [4.69, 9.17) is 0 Å². The van der Waals surface area contributed by atoms with Crippen molar-refractivity contribution >= 4 is 12.4 Å². The molecule has 0 unspecified atom stereocenters. The molecule has 0 N–H and O–H groups in total. The Balaban J connectivity index is -0.0000000160. The molecule has 0 heterocycles. The average Bonchev–Trinajstić information content (AvgIpc) is 1.39. The van der Waals surface area contributed by atoms with Crippen LogP contribution in [0.4, 0.5) is 0 Å². The number of hydrogen-bond acceptors (Lipinski definition) is 0. The first kappa shape index (κ1) is 24.1. The molecule has 0 aliphatic carbocycles. The fourth-order valence-corrected chi connectivity index (χ4v) is 0. The van der Waals surface area contributed by atoms with Gasteiger partial charge in [-0.15, -0.1) is 12.4 Å². The maximum atomic E-state index is 3.25. The van der Waals surface area contributed by atoms with Crippen LogP contribution in [0.15, 0.2) is 25.3 Å². The Morgan fingerprint density at radius 3 is 1.00 bits per heavy atom. The van der Waals surface area contributed by atoms with Crippen LogP contribution in [0.2, 0.25) is 0 Å². The third kappa shape index (κ3) is 5560. The monoisotopic (exact) mass is 224 g/mol. The molecular weight excluding hydrogens is 214 g/mol. The van der Waals surface area contributed by atoms with Crippen LogP contribution in [0.3, 0.4) is 0 Å². The van der Waals surface area contributed by atoms with Crippen molar-refractivity contribution in [2.75, 3.05) is 0 Å². The van der Waals surface area contributed by atoms with Crippen LogP contribution >= 0.6 is 12.4 Å². The Kier molecular flexibility index (Phi) is 175. The van der Waals surface area contributed by atoms with E-state index in [-0.39, 0.29) is 32.8 Å². The molecule has 0 nitrogen and oxygen atoms in total. The first-order valence-electron chi connectivity index (χ1n) is 1.63. The van der Waals surface area contributed by atoms with Crippen molar-refractivity contribution in [3.63, 3.8) is 0 Å². The van der Waals surface area contributed by atoms with E-state index < -0.39 is 0 Å². The SMILES string of the molecule is C=C[CH2-].C=C[CH2-].Cl.[Pd+2]. The van der Waals surface area contributed by atoms with Crippen molar-refractivity contribution in [3.8, 4) is 0 Å². The van der Waals surface area contributed by atoms with Crippen LogP contribution in [-0.4, -0.2) is 0 Å². The number of allylic oxidation sites excluding steroid dienone is 2. The first-order chi connectivity index (χ1) is 2.83. The molecule has 0 aliphatic heterocycles. The molecular formula is C6H11ClPd. The van der Waals surface area contributed by atoms with E-state index in [2.05, 4.69) is 27.0 Å². The molecule has 8 heavy (non-hydrogen) atoms. The van der Waals surface area contributed by atoms with Crippen LogP contribution in [0.25, 0.3) is 0 Å². The molecule has 0 radical (unpaired) electrons. The molecule has 0 aromatic carbocycles. The Hall–Kier alpha value is 0.172. The minimum absolute atomic E-state index is 0. The molecule has 0 aromatic heterocycles. The van der Waals surface area contributed by atoms with Crippen LogP contribution in [0.5, 0.6) is 0 Å². The summed E-state index contributed by atoms with van der Waals surface area (Å²) in [4.78, 5) is 0. The second-order valence-electron chi connectivity index (χ2n) is 0.577. The summed E-state index contributed by atoms with van der Waals surface area (Å²) in [5.41, 5.74) is 0. The third-order valence-corrected chi connectivity index (χ3v) is 0. The number of halogens is 1. The smallest absolute Gasteiger partial charge is 0.245 e. The summed E-state index contributed by atoms with van der Waals surface area (Å²) in [6, 6.07) is 0. The molecule has 0 fully saturated rings. The summed E-state index contributed by atoms with van der Waals surface area (Å²) in [7, 11) is 0. The summed E-state index contributed by atoms with van der Waals surface area (Å²) in [6.45, 7) is 13.0. The zero-order valence-corrected chi connectivity index (χ0v) is 7.08. The van der Waals surface area contributed by atoms with Gasteiger partial charge in [0.1, 0.15) is 0 Å². The van der Waals surface area contributed by atoms with Gasteiger partial charge in [-0.25, -0.2) is 39.2 Å². The summed E-state index contributed by atoms with van der Waals surface area (Å²) in [6.07, 6.45) is 3.00. The Morgan fingerprint density at radius 1 is 1.00 bits per heavy atom. The van der Waals surface area contributed by atoms with Gasteiger partial charge in [0.15, 0.2) is 0 Å². The van der Waals surface area contributed by atoms with Gasteiger partial charge in [-0.05, 0) is 0 Å². The largest absolute Gasteiger partial charge is 2.00 e. The Morgan fingerprint density at radius 2 is 1.00 bits per heavy atom. The normalized spacial score (nSPS) is 3.00. The van der Waals surface area contributed by atoms with E-state index in [9.17, 15) is 0 Å². The molecule has 0 saturated heterocycles. The molecule has 0 saturated carbocycles. The molecule has 0 atom stereocenters. The van der Waals surface area contributed by atoms with Crippen LogP contribution < -0.4 is 0 Å². The van der Waals surface area contributed by atoms with E-state index in [1.165, 1.54) is 12.2 Å². The summed E-state index contributed by atoms with van der Waals surface area (Å²) < 4.78 is 0. The van der Waals surface area contributed by atoms with Crippen molar-refractivity contribution in [1.82, 2.24) is 0 Å². The molecule has 0 aromatic rings. The Labute approximate surface area is 72.1 Å². The molecule has 0 rings (SSSR count). The van der Waals surface area contributed by atoms with Gasteiger partial charge >= 0.3 is 20.4 Å². The fourth-order valence-electron chi connectivity index (χ4n) is 0. The second-order valence-corrected chi connectivity index (χ2v) is 0.577. The van der Waals surface area contributed by atoms with Gasteiger partial charge < -0.3 is 0 Å². The molecule has 0 amide bonds. The van der Waals surface area contributed by atoms with E-state index in [1.807, 2.05) is 0 Å². The van der Waals surface area contributed by atoms with Gasteiger partial charge in [0.25, 0.3) is 0 Å². The minimum atomic E-state index is 0. The average molecular weight is 225 g/mol. The minimum Gasteiger partial charge on any atom is -0.245 e.